The highest BCUT2D eigenvalue weighted by molar-refractivity contribution is 6.29. The molecule has 0 aliphatic carbocycles. The summed E-state index contributed by atoms with van der Waals surface area (Å²) in [4.78, 5) is 15.3. The van der Waals surface area contributed by atoms with E-state index in [4.69, 9.17) is 21.1 Å². The SMILES string of the molecule is CC(=O)OC[C@H]1O[C@@H](Cc2nc(C)c3ccc(Cl)nn23)[C@H](O)[C@@H]1O. The fourth-order valence-corrected chi connectivity index (χ4v) is 2.95. The van der Waals surface area contributed by atoms with Crippen LogP contribution in [0.25, 0.3) is 5.52 Å². The molecular formula is C15H18ClN3O5. The molecule has 2 aromatic rings. The second kappa shape index (κ2) is 6.64. The predicted molar refractivity (Wildman–Crippen MR) is 83.7 cm³/mol. The lowest BCUT2D eigenvalue weighted by Gasteiger charge is -2.13. The molecule has 4 atom stereocenters. The van der Waals surface area contributed by atoms with Crippen molar-refractivity contribution in [1.29, 1.82) is 0 Å². The van der Waals surface area contributed by atoms with E-state index in [0.29, 0.717) is 11.0 Å². The quantitative estimate of drug-likeness (QED) is 0.759. The molecule has 2 N–H and O–H groups in total. The number of imidazole rings is 1. The minimum absolute atomic E-state index is 0.116. The van der Waals surface area contributed by atoms with Gasteiger partial charge in [0.05, 0.1) is 17.3 Å². The van der Waals surface area contributed by atoms with Crippen LogP contribution in [-0.4, -0.2) is 61.8 Å². The highest BCUT2D eigenvalue weighted by Gasteiger charge is 2.43. The van der Waals surface area contributed by atoms with E-state index in [9.17, 15) is 15.0 Å². The number of carbonyl (C=O) groups is 1. The molecule has 0 amide bonds. The summed E-state index contributed by atoms with van der Waals surface area (Å²) in [5.41, 5.74) is 1.58. The number of aromatic nitrogens is 3. The summed E-state index contributed by atoms with van der Waals surface area (Å²) in [5.74, 6) is 0.0897. The lowest BCUT2D eigenvalue weighted by Crippen LogP contribution is -2.35. The zero-order valence-electron chi connectivity index (χ0n) is 13.2. The van der Waals surface area contributed by atoms with Crippen LogP contribution in [-0.2, 0) is 20.7 Å². The molecule has 1 saturated heterocycles. The van der Waals surface area contributed by atoms with Crippen LogP contribution in [0.5, 0.6) is 0 Å². The summed E-state index contributed by atoms with van der Waals surface area (Å²) in [6.07, 6.45) is -3.49. The highest BCUT2D eigenvalue weighted by Crippen LogP contribution is 2.25. The van der Waals surface area contributed by atoms with Gasteiger partial charge in [0.1, 0.15) is 35.9 Å². The van der Waals surface area contributed by atoms with Crippen molar-refractivity contribution < 1.29 is 24.5 Å². The first-order chi connectivity index (χ1) is 11.4. The molecule has 3 rings (SSSR count). The van der Waals surface area contributed by atoms with Gasteiger partial charge in [-0.1, -0.05) is 11.6 Å². The summed E-state index contributed by atoms with van der Waals surface area (Å²) in [6, 6.07) is 3.49. The van der Waals surface area contributed by atoms with Crippen LogP contribution in [0.1, 0.15) is 18.4 Å². The number of ether oxygens (including phenoxy) is 2. The number of hydrogen-bond acceptors (Lipinski definition) is 7. The lowest BCUT2D eigenvalue weighted by molar-refractivity contribution is -0.146. The molecule has 1 fully saturated rings. The van der Waals surface area contributed by atoms with Crippen LogP contribution < -0.4 is 0 Å². The summed E-state index contributed by atoms with van der Waals surface area (Å²) >= 11 is 5.93. The highest BCUT2D eigenvalue weighted by atomic mass is 35.5. The Labute approximate surface area is 143 Å². The van der Waals surface area contributed by atoms with Crippen LogP contribution in [0.4, 0.5) is 0 Å². The van der Waals surface area contributed by atoms with Gasteiger partial charge in [-0.2, -0.15) is 5.10 Å². The summed E-state index contributed by atoms with van der Waals surface area (Å²) in [5, 5.41) is 24.8. The molecule has 2 aromatic heterocycles. The van der Waals surface area contributed by atoms with Gasteiger partial charge in [0.25, 0.3) is 0 Å². The third kappa shape index (κ3) is 3.23. The van der Waals surface area contributed by atoms with E-state index in [-0.39, 0.29) is 13.0 Å². The smallest absolute Gasteiger partial charge is 0.302 e. The Morgan fingerprint density at radius 1 is 1.38 bits per heavy atom. The van der Waals surface area contributed by atoms with Crippen molar-refractivity contribution in [3.63, 3.8) is 0 Å². The number of halogens is 1. The van der Waals surface area contributed by atoms with Gasteiger partial charge in [-0.3, -0.25) is 4.79 Å². The molecule has 3 heterocycles. The van der Waals surface area contributed by atoms with Gasteiger partial charge in [0, 0.05) is 13.3 Å². The first-order valence-electron chi connectivity index (χ1n) is 7.52. The van der Waals surface area contributed by atoms with Gasteiger partial charge in [0.2, 0.25) is 0 Å². The van der Waals surface area contributed by atoms with Crippen LogP contribution in [0.2, 0.25) is 5.15 Å². The maximum absolute atomic E-state index is 10.9. The molecule has 0 saturated carbocycles. The van der Waals surface area contributed by atoms with E-state index in [2.05, 4.69) is 10.1 Å². The Bertz CT molecular complexity index is 765. The first-order valence-corrected chi connectivity index (χ1v) is 7.90. The maximum atomic E-state index is 10.9. The zero-order chi connectivity index (χ0) is 17.4. The number of hydrogen-bond donors (Lipinski definition) is 2. The van der Waals surface area contributed by atoms with E-state index in [1.807, 2.05) is 13.0 Å². The average molecular weight is 356 g/mol. The Morgan fingerprint density at radius 3 is 2.79 bits per heavy atom. The lowest BCUT2D eigenvalue weighted by atomic mass is 10.1. The van der Waals surface area contributed by atoms with Crippen molar-refractivity contribution in [2.45, 2.75) is 44.7 Å². The summed E-state index contributed by atoms with van der Waals surface area (Å²) in [6.45, 7) is 3.00. The largest absolute Gasteiger partial charge is 0.463 e. The normalized spacial score (nSPS) is 26.9. The fourth-order valence-electron chi connectivity index (χ4n) is 2.81. The summed E-state index contributed by atoms with van der Waals surface area (Å²) < 4.78 is 12.1. The molecule has 8 nitrogen and oxygen atoms in total. The van der Waals surface area contributed by atoms with Crippen molar-refractivity contribution in [3.8, 4) is 0 Å². The van der Waals surface area contributed by atoms with E-state index in [0.717, 1.165) is 11.2 Å². The number of aryl methyl sites for hydroxylation is 1. The molecule has 0 bridgehead atoms. The Morgan fingerprint density at radius 2 is 2.08 bits per heavy atom. The van der Waals surface area contributed by atoms with Crippen molar-refractivity contribution in [2.75, 3.05) is 6.61 Å². The first kappa shape index (κ1) is 17.1. The zero-order valence-corrected chi connectivity index (χ0v) is 14.0. The molecule has 24 heavy (non-hydrogen) atoms. The predicted octanol–water partition coefficient (Wildman–Crippen LogP) is 0.286. The standard InChI is InChI=1S/C15H18ClN3O5/c1-7-9-3-4-12(16)18-19(9)13(17-7)5-10-14(21)15(22)11(24-10)6-23-8(2)20/h3-4,10-11,14-15,21-22H,5-6H2,1-2H3/t10-,11+,14-,15+/m0/s1. The molecule has 1 aliphatic rings. The third-order valence-electron chi connectivity index (χ3n) is 4.01. The molecule has 9 heteroatoms. The third-order valence-corrected chi connectivity index (χ3v) is 4.21. The number of rotatable bonds is 4. The second-order valence-electron chi connectivity index (χ2n) is 5.77. The topological polar surface area (TPSA) is 106 Å². The number of fused-ring (bicyclic) bond motifs is 1. The van der Waals surface area contributed by atoms with Gasteiger partial charge < -0.3 is 19.7 Å². The van der Waals surface area contributed by atoms with E-state index >= 15 is 0 Å². The minimum Gasteiger partial charge on any atom is -0.463 e. The van der Waals surface area contributed by atoms with Gasteiger partial charge in [-0.05, 0) is 19.1 Å². The molecular weight excluding hydrogens is 338 g/mol. The van der Waals surface area contributed by atoms with Crippen LogP contribution in [0.3, 0.4) is 0 Å². The number of carbonyl (C=O) groups excluding carboxylic acids is 1. The second-order valence-corrected chi connectivity index (χ2v) is 6.15. The van der Waals surface area contributed by atoms with Gasteiger partial charge in [-0.15, -0.1) is 0 Å². The fraction of sp³-hybridized carbons (Fsp3) is 0.533. The van der Waals surface area contributed by atoms with Crippen LogP contribution in [0.15, 0.2) is 12.1 Å². The van der Waals surface area contributed by atoms with Crippen LogP contribution >= 0.6 is 11.6 Å². The Hall–Kier alpha value is -1.74. The van der Waals surface area contributed by atoms with Crippen LogP contribution in [0, 0.1) is 6.92 Å². The average Bonchev–Trinajstić information content (AvgIpc) is 2.97. The number of nitrogens with zero attached hydrogens (tertiary/aromatic N) is 3. The van der Waals surface area contributed by atoms with Crippen molar-refractivity contribution in [1.82, 2.24) is 14.6 Å². The van der Waals surface area contributed by atoms with Crippen molar-refractivity contribution >= 4 is 23.1 Å². The van der Waals surface area contributed by atoms with Gasteiger partial charge in [0.15, 0.2) is 0 Å². The molecule has 0 aromatic carbocycles. The molecule has 0 radical (unpaired) electrons. The van der Waals surface area contributed by atoms with Gasteiger partial charge >= 0.3 is 5.97 Å². The Kier molecular flexibility index (Phi) is 4.73. The monoisotopic (exact) mass is 355 g/mol. The van der Waals surface area contributed by atoms with E-state index < -0.39 is 30.4 Å². The molecule has 0 spiro atoms. The minimum atomic E-state index is -1.14. The Balaban J connectivity index is 1.79. The molecule has 1 aliphatic heterocycles. The molecule has 0 unspecified atom stereocenters. The molecule has 130 valence electrons. The number of esters is 1. The van der Waals surface area contributed by atoms with E-state index in [1.54, 1.807) is 10.6 Å². The maximum Gasteiger partial charge on any atom is 0.302 e. The summed E-state index contributed by atoms with van der Waals surface area (Å²) in [7, 11) is 0. The van der Waals surface area contributed by atoms with Gasteiger partial charge in [-0.25, -0.2) is 9.50 Å². The van der Waals surface area contributed by atoms with Crippen molar-refractivity contribution in [3.05, 3.63) is 28.8 Å². The number of aliphatic hydroxyl groups excluding tert-OH is 2. The van der Waals surface area contributed by atoms with E-state index in [1.165, 1.54) is 6.92 Å². The number of aliphatic hydroxyl groups is 2. The van der Waals surface area contributed by atoms with Crippen molar-refractivity contribution in [2.24, 2.45) is 0 Å².